The molecule has 88 valence electrons. The van der Waals surface area contributed by atoms with Crippen LogP contribution in [0.15, 0.2) is 48.0 Å². The number of hydrogen-bond donors (Lipinski definition) is 1. The number of aliphatic imine (C=N–C) groups is 1. The summed E-state index contributed by atoms with van der Waals surface area (Å²) < 4.78 is 0. The van der Waals surface area contributed by atoms with Gasteiger partial charge in [-0.05, 0) is 17.2 Å². The van der Waals surface area contributed by atoms with Gasteiger partial charge in [-0.2, -0.15) is 0 Å². The molecule has 0 atom stereocenters. The van der Waals surface area contributed by atoms with Crippen LogP contribution in [0.1, 0.15) is 12.0 Å². The third kappa shape index (κ3) is 2.00. The van der Waals surface area contributed by atoms with Gasteiger partial charge in [0.25, 0.3) is 0 Å². The molecule has 0 radical (unpaired) electrons. The van der Waals surface area contributed by atoms with Gasteiger partial charge in [0, 0.05) is 24.4 Å². The topological polar surface area (TPSA) is 64.2 Å². The molecule has 2 N–H and O–H groups in total. The van der Waals surface area contributed by atoms with Gasteiger partial charge >= 0.3 is 0 Å². The van der Waals surface area contributed by atoms with E-state index in [1.807, 2.05) is 30.4 Å². The fourth-order valence-electron chi connectivity index (χ4n) is 1.92. The summed E-state index contributed by atoms with van der Waals surface area (Å²) in [5.41, 5.74) is 9.80. The number of rotatable bonds is 1. The molecule has 0 spiro atoms. The molecule has 0 aliphatic carbocycles. The lowest BCUT2D eigenvalue weighted by atomic mass is 10.0. The molecule has 0 fully saturated rings. The molecule has 1 aliphatic rings. The van der Waals surface area contributed by atoms with Crippen molar-refractivity contribution in [1.29, 1.82) is 0 Å². The van der Waals surface area contributed by atoms with Crippen LogP contribution in [0.4, 0.5) is 5.69 Å². The highest BCUT2D eigenvalue weighted by Crippen LogP contribution is 2.29. The highest BCUT2D eigenvalue weighted by molar-refractivity contribution is 5.89. The minimum absolute atomic E-state index is 0.631. The molecule has 1 aromatic heterocycles. The first-order valence-electron chi connectivity index (χ1n) is 5.72. The van der Waals surface area contributed by atoms with Gasteiger partial charge in [-0.15, -0.1) is 0 Å². The predicted octanol–water partition coefficient (Wildman–Crippen LogP) is 2.55. The van der Waals surface area contributed by atoms with E-state index in [-0.39, 0.29) is 0 Å². The van der Waals surface area contributed by atoms with E-state index in [4.69, 9.17) is 5.73 Å². The Morgan fingerprint density at radius 1 is 1.06 bits per heavy atom. The van der Waals surface area contributed by atoms with E-state index < -0.39 is 0 Å². The number of benzene rings is 1. The molecule has 18 heavy (non-hydrogen) atoms. The van der Waals surface area contributed by atoms with Gasteiger partial charge in [0.1, 0.15) is 12.2 Å². The summed E-state index contributed by atoms with van der Waals surface area (Å²) in [5.74, 6) is 0.631. The second-order valence-corrected chi connectivity index (χ2v) is 4.11. The Balaban J connectivity index is 2.11. The maximum atomic E-state index is 5.81. The predicted molar refractivity (Wildman–Crippen MR) is 72.4 cm³/mol. The average molecular weight is 236 g/mol. The van der Waals surface area contributed by atoms with Crippen molar-refractivity contribution in [2.75, 3.05) is 0 Å². The van der Waals surface area contributed by atoms with Crippen LogP contribution in [-0.4, -0.2) is 15.8 Å². The van der Waals surface area contributed by atoms with Crippen molar-refractivity contribution in [2.24, 2.45) is 10.7 Å². The molecule has 2 aromatic rings. The van der Waals surface area contributed by atoms with Crippen molar-refractivity contribution in [3.63, 3.8) is 0 Å². The quantitative estimate of drug-likeness (QED) is 0.827. The average Bonchev–Trinajstić information content (AvgIpc) is 2.59. The molecule has 0 saturated heterocycles. The van der Waals surface area contributed by atoms with Crippen LogP contribution in [0.5, 0.6) is 0 Å². The molecule has 3 rings (SSSR count). The van der Waals surface area contributed by atoms with Crippen molar-refractivity contribution in [3.05, 3.63) is 48.6 Å². The SMILES string of the molecule is NC1=Nc2cc(-c3cncnc3)ccc2C=CC1. The number of nitrogens with two attached hydrogens (primary N) is 1. The maximum absolute atomic E-state index is 5.81. The molecular formula is C14H12N4. The first-order chi connectivity index (χ1) is 8.83. The molecule has 0 bridgehead atoms. The minimum atomic E-state index is 0.631. The van der Waals surface area contributed by atoms with Crippen LogP contribution in [0.25, 0.3) is 17.2 Å². The molecular weight excluding hydrogens is 224 g/mol. The van der Waals surface area contributed by atoms with E-state index >= 15 is 0 Å². The van der Waals surface area contributed by atoms with Crippen molar-refractivity contribution < 1.29 is 0 Å². The zero-order chi connectivity index (χ0) is 12.4. The Bertz CT molecular complexity index is 629. The number of nitrogens with zero attached hydrogens (tertiary/aromatic N) is 3. The highest BCUT2D eigenvalue weighted by atomic mass is 14.9. The summed E-state index contributed by atoms with van der Waals surface area (Å²) in [4.78, 5) is 12.5. The second-order valence-electron chi connectivity index (χ2n) is 4.11. The van der Waals surface area contributed by atoms with Crippen molar-refractivity contribution in [2.45, 2.75) is 6.42 Å². The third-order valence-corrected chi connectivity index (χ3v) is 2.81. The van der Waals surface area contributed by atoms with Gasteiger partial charge in [0.2, 0.25) is 0 Å². The fourth-order valence-corrected chi connectivity index (χ4v) is 1.92. The number of aromatic nitrogens is 2. The number of hydrogen-bond acceptors (Lipinski definition) is 4. The Morgan fingerprint density at radius 2 is 1.89 bits per heavy atom. The fraction of sp³-hybridized carbons (Fsp3) is 0.0714. The summed E-state index contributed by atoms with van der Waals surface area (Å²) in [7, 11) is 0. The van der Waals surface area contributed by atoms with Crippen LogP contribution < -0.4 is 5.73 Å². The van der Waals surface area contributed by atoms with Crippen molar-refractivity contribution >= 4 is 17.6 Å². The highest BCUT2D eigenvalue weighted by Gasteiger charge is 2.06. The molecule has 2 heterocycles. The summed E-state index contributed by atoms with van der Waals surface area (Å²) >= 11 is 0. The lowest BCUT2D eigenvalue weighted by Gasteiger charge is -2.05. The first kappa shape index (κ1) is 10.7. The van der Waals surface area contributed by atoms with Crippen LogP contribution >= 0.6 is 0 Å². The van der Waals surface area contributed by atoms with Gasteiger partial charge in [-0.25, -0.2) is 15.0 Å². The smallest absolute Gasteiger partial charge is 0.115 e. The van der Waals surface area contributed by atoms with Gasteiger partial charge in [-0.1, -0.05) is 24.3 Å². The Labute approximate surface area is 105 Å². The Hall–Kier alpha value is -2.49. The van der Waals surface area contributed by atoms with Gasteiger partial charge in [0.15, 0.2) is 0 Å². The van der Waals surface area contributed by atoms with Crippen LogP contribution in [0.3, 0.4) is 0 Å². The van der Waals surface area contributed by atoms with Crippen LogP contribution in [-0.2, 0) is 0 Å². The lowest BCUT2D eigenvalue weighted by molar-refractivity contribution is 1.17. The third-order valence-electron chi connectivity index (χ3n) is 2.81. The molecule has 0 saturated carbocycles. The molecule has 1 aliphatic heterocycles. The van der Waals surface area contributed by atoms with Crippen molar-refractivity contribution in [3.8, 4) is 11.1 Å². The van der Waals surface area contributed by atoms with E-state index in [9.17, 15) is 0 Å². The van der Waals surface area contributed by atoms with E-state index in [0.717, 1.165) is 22.4 Å². The number of amidine groups is 1. The maximum Gasteiger partial charge on any atom is 0.115 e. The normalized spacial score (nSPS) is 13.7. The lowest BCUT2D eigenvalue weighted by Crippen LogP contribution is -2.08. The monoisotopic (exact) mass is 236 g/mol. The van der Waals surface area contributed by atoms with Gasteiger partial charge < -0.3 is 5.73 Å². The zero-order valence-corrected chi connectivity index (χ0v) is 9.74. The zero-order valence-electron chi connectivity index (χ0n) is 9.74. The van der Waals surface area contributed by atoms with E-state index in [1.165, 1.54) is 6.33 Å². The largest absolute Gasteiger partial charge is 0.387 e. The summed E-state index contributed by atoms with van der Waals surface area (Å²) in [6.07, 6.45) is 9.85. The van der Waals surface area contributed by atoms with Gasteiger partial charge in [-0.3, -0.25) is 0 Å². The van der Waals surface area contributed by atoms with E-state index in [1.54, 1.807) is 12.4 Å². The van der Waals surface area contributed by atoms with Gasteiger partial charge in [0.05, 0.1) is 5.69 Å². The van der Waals surface area contributed by atoms with Crippen LogP contribution in [0, 0.1) is 0 Å². The Morgan fingerprint density at radius 3 is 2.72 bits per heavy atom. The summed E-state index contributed by atoms with van der Waals surface area (Å²) in [6, 6.07) is 6.09. The Kier molecular flexibility index (Phi) is 2.61. The second kappa shape index (κ2) is 4.41. The molecule has 1 aromatic carbocycles. The summed E-state index contributed by atoms with van der Waals surface area (Å²) in [5, 5.41) is 0. The molecule has 4 nitrogen and oxygen atoms in total. The molecule has 0 unspecified atom stereocenters. The molecule has 4 heteroatoms. The van der Waals surface area contributed by atoms with E-state index in [2.05, 4.69) is 15.0 Å². The van der Waals surface area contributed by atoms with Crippen LogP contribution in [0.2, 0.25) is 0 Å². The van der Waals surface area contributed by atoms with Crippen molar-refractivity contribution in [1.82, 2.24) is 9.97 Å². The number of fused-ring (bicyclic) bond motifs is 1. The first-order valence-corrected chi connectivity index (χ1v) is 5.72. The standard InChI is InChI=1S/C14H12N4/c15-14-3-1-2-10-4-5-11(6-13(10)18-14)12-7-16-9-17-8-12/h1-2,4-9H,3H2,(H2,15,18). The summed E-state index contributed by atoms with van der Waals surface area (Å²) in [6.45, 7) is 0. The minimum Gasteiger partial charge on any atom is -0.387 e. The molecule has 0 amide bonds. The van der Waals surface area contributed by atoms with E-state index in [0.29, 0.717) is 12.3 Å².